The maximum atomic E-state index is 13.8. The first kappa shape index (κ1) is 25.9. The van der Waals surface area contributed by atoms with Gasteiger partial charge in [0.05, 0.1) is 5.56 Å². The lowest BCUT2D eigenvalue weighted by atomic mass is 9.58. The monoisotopic (exact) mass is 516 g/mol. The van der Waals surface area contributed by atoms with Gasteiger partial charge in [0.25, 0.3) is 0 Å². The SMILES string of the molecule is CC(=O)C1=C(O)[C@@]2(O)C(=O)C3=C(O)c4c(O)c(CCc5ccccc5)cc(C(C)C)c4C[C@H]3C[C@H]2CC1=O. The van der Waals surface area contributed by atoms with Gasteiger partial charge in [-0.3, -0.25) is 14.4 Å². The number of hydrogen-bond donors (Lipinski definition) is 4. The average Bonchev–Trinajstić information content (AvgIpc) is 2.86. The van der Waals surface area contributed by atoms with Gasteiger partial charge in [0, 0.05) is 17.9 Å². The summed E-state index contributed by atoms with van der Waals surface area (Å²) in [4.78, 5) is 38.4. The molecule has 7 heteroatoms. The van der Waals surface area contributed by atoms with E-state index in [2.05, 4.69) is 0 Å². The lowest BCUT2D eigenvalue weighted by Gasteiger charge is -2.46. The summed E-state index contributed by atoms with van der Waals surface area (Å²) < 4.78 is 0. The van der Waals surface area contributed by atoms with E-state index in [1.54, 1.807) is 0 Å². The molecule has 0 amide bonds. The van der Waals surface area contributed by atoms with Gasteiger partial charge < -0.3 is 20.4 Å². The van der Waals surface area contributed by atoms with Crippen molar-refractivity contribution < 1.29 is 34.8 Å². The number of aliphatic hydroxyl groups is 3. The molecule has 0 aliphatic heterocycles. The molecule has 0 radical (unpaired) electrons. The second-order valence-corrected chi connectivity index (χ2v) is 11.1. The number of aromatic hydroxyl groups is 1. The maximum absolute atomic E-state index is 13.8. The number of carbonyl (C=O) groups is 3. The molecule has 1 fully saturated rings. The summed E-state index contributed by atoms with van der Waals surface area (Å²) in [5.41, 5.74) is 0.510. The Morgan fingerprint density at radius 3 is 2.37 bits per heavy atom. The quantitative estimate of drug-likeness (QED) is 0.432. The molecule has 4 N–H and O–H groups in total. The molecule has 0 heterocycles. The van der Waals surface area contributed by atoms with Crippen molar-refractivity contribution in [2.45, 2.75) is 64.4 Å². The molecule has 3 aliphatic rings. The standard InChI is InChI=1S/C31H32O7/c1-15(2)21-12-18(10-9-17-7-5-4-6-8-17)27(34)26-22(21)13-19-11-20-14-23(33)24(16(3)32)29(36)31(20,38)30(37)25(19)28(26)35/h4-8,12,15,19-20,34-36,38H,9-11,13-14H2,1-3H3/t19-,20+,31-/m1/s1. The number of phenols is 1. The Kier molecular flexibility index (Phi) is 6.30. The largest absolute Gasteiger partial charge is 0.508 e. The third-order valence-electron chi connectivity index (χ3n) is 8.43. The smallest absolute Gasteiger partial charge is 0.202 e. The average molecular weight is 517 g/mol. The van der Waals surface area contributed by atoms with E-state index in [0.717, 1.165) is 23.6 Å². The Morgan fingerprint density at radius 2 is 1.74 bits per heavy atom. The highest BCUT2D eigenvalue weighted by Crippen LogP contribution is 2.53. The molecule has 0 unspecified atom stereocenters. The normalized spacial score (nSPS) is 24.9. The van der Waals surface area contributed by atoms with E-state index in [0.29, 0.717) is 24.8 Å². The summed E-state index contributed by atoms with van der Waals surface area (Å²) in [5.74, 6) is -5.07. The second kappa shape index (κ2) is 9.24. The summed E-state index contributed by atoms with van der Waals surface area (Å²) in [6.07, 6.45) is 1.44. The van der Waals surface area contributed by atoms with Crippen molar-refractivity contribution in [1.29, 1.82) is 0 Å². The van der Waals surface area contributed by atoms with Crippen molar-refractivity contribution in [2.75, 3.05) is 0 Å². The molecule has 1 saturated carbocycles. The number of hydrogen-bond acceptors (Lipinski definition) is 7. The van der Waals surface area contributed by atoms with Gasteiger partial charge in [0.15, 0.2) is 17.2 Å². The van der Waals surface area contributed by atoms with Gasteiger partial charge in [0.2, 0.25) is 5.78 Å². The molecule has 2 aromatic rings. The first-order valence-corrected chi connectivity index (χ1v) is 13.1. The molecular formula is C31H32O7. The first-order valence-electron chi connectivity index (χ1n) is 13.1. The zero-order valence-electron chi connectivity index (χ0n) is 21.7. The van der Waals surface area contributed by atoms with Crippen LogP contribution in [0.2, 0.25) is 0 Å². The van der Waals surface area contributed by atoms with Crippen molar-refractivity contribution in [3.63, 3.8) is 0 Å². The van der Waals surface area contributed by atoms with E-state index in [1.807, 2.05) is 50.2 Å². The van der Waals surface area contributed by atoms with Crippen LogP contribution >= 0.6 is 0 Å². The fraction of sp³-hybridized carbons (Fsp3) is 0.387. The van der Waals surface area contributed by atoms with E-state index in [1.165, 1.54) is 0 Å². The Balaban J connectivity index is 1.64. The third kappa shape index (κ3) is 3.79. The van der Waals surface area contributed by atoms with Gasteiger partial charge in [-0.25, -0.2) is 0 Å². The second-order valence-electron chi connectivity index (χ2n) is 11.1. The third-order valence-corrected chi connectivity index (χ3v) is 8.43. The van der Waals surface area contributed by atoms with Gasteiger partial charge >= 0.3 is 0 Å². The lowest BCUT2D eigenvalue weighted by molar-refractivity contribution is -0.147. The molecule has 0 aromatic heterocycles. The predicted octanol–water partition coefficient (Wildman–Crippen LogP) is 4.44. The van der Waals surface area contributed by atoms with Gasteiger partial charge in [-0.2, -0.15) is 0 Å². The summed E-state index contributed by atoms with van der Waals surface area (Å²) in [5, 5.41) is 45.1. The summed E-state index contributed by atoms with van der Waals surface area (Å²) in [7, 11) is 0. The summed E-state index contributed by atoms with van der Waals surface area (Å²) in [6, 6.07) is 11.8. The summed E-state index contributed by atoms with van der Waals surface area (Å²) in [6.45, 7) is 5.15. The molecule has 3 aliphatic carbocycles. The highest BCUT2D eigenvalue weighted by atomic mass is 16.3. The van der Waals surface area contributed by atoms with Crippen LogP contribution in [0.5, 0.6) is 5.75 Å². The van der Waals surface area contributed by atoms with E-state index in [9.17, 15) is 34.8 Å². The highest BCUT2D eigenvalue weighted by Gasteiger charge is 2.60. The first-order chi connectivity index (χ1) is 18.0. The van der Waals surface area contributed by atoms with E-state index < -0.39 is 51.9 Å². The minimum absolute atomic E-state index is 0.0757. The fourth-order valence-electron chi connectivity index (χ4n) is 6.51. The molecular weight excluding hydrogens is 484 g/mol. The van der Waals surface area contributed by atoms with Crippen LogP contribution in [-0.2, 0) is 33.6 Å². The van der Waals surface area contributed by atoms with Crippen LogP contribution < -0.4 is 0 Å². The van der Waals surface area contributed by atoms with Crippen molar-refractivity contribution in [3.05, 3.63) is 81.1 Å². The summed E-state index contributed by atoms with van der Waals surface area (Å²) >= 11 is 0. The number of phenolic OH excluding ortho intramolecular Hbond substituents is 1. The number of benzene rings is 2. The van der Waals surface area contributed by atoms with Gasteiger partial charge in [-0.1, -0.05) is 50.2 Å². The molecule has 0 bridgehead atoms. The zero-order valence-corrected chi connectivity index (χ0v) is 21.7. The lowest BCUT2D eigenvalue weighted by Crippen LogP contribution is -2.57. The predicted molar refractivity (Wildman–Crippen MR) is 141 cm³/mol. The highest BCUT2D eigenvalue weighted by molar-refractivity contribution is 6.23. The molecule has 0 saturated heterocycles. The number of fused-ring (bicyclic) bond motifs is 3. The van der Waals surface area contributed by atoms with Crippen LogP contribution in [0.1, 0.15) is 67.3 Å². The Bertz CT molecular complexity index is 1430. The minimum atomic E-state index is -2.48. The molecule has 3 atom stereocenters. The minimum Gasteiger partial charge on any atom is -0.508 e. The van der Waals surface area contributed by atoms with Gasteiger partial charge in [-0.05, 0) is 66.7 Å². The van der Waals surface area contributed by atoms with Crippen LogP contribution in [0.25, 0.3) is 5.76 Å². The van der Waals surface area contributed by atoms with E-state index in [4.69, 9.17) is 0 Å². The number of allylic oxidation sites excluding steroid dienone is 1. The maximum Gasteiger partial charge on any atom is 0.202 e. The topological polar surface area (TPSA) is 132 Å². The number of carbonyl (C=O) groups excluding carboxylic acids is 3. The Labute approximate surface area is 221 Å². The molecule has 198 valence electrons. The molecule has 7 nitrogen and oxygen atoms in total. The Hall–Kier alpha value is -3.71. The van der Waals surface area contributed by atoms with Crippen molar-refractivity contribution in [3.8, 4) is 5.75 Å². The fourth-order valence-corrected chi connectivity index (χ4v) is 6.51. The number of ketones is 3. The number of aryl methyl sites for hydroxylation is 2. The number of Topliss-reactive ketones (excluding diaryl/α,β-unsaturated/α-hetero) is 3. The van der Waals surface area contributed by atoms with E-state index in [-0.39, 0.29) is 35.6 Å². The molecule has 5 rings (SSSR count). The van der Waals surface area contributed by atoms with Crippen LogP contribution in [0.4, 0.5) is 0 Å². The zero-order chi connectivity index (χ0) is 27.5. The molecule has 0 spiro atoms. The van der Waals surface area contributed by atoms with Crippen molar-refractivity contribution >= 4 is 23.1 Å². The van der Waals surface area contributed by atoms with Crippen LogP contribution in [0, 0.1) is 11.8 Å². The number of rotatable bonds is 5. The van der Waals surface area contributed by atoms with Crippen molar-refractivity contribution in [2.24, 2.45) is 11.8 Å². The van der Waals surface area contributed by atoms with E-state index >= 15 is 0 Å². The van der Waals surface area contributed by atoms with Crippen LogP contribution in [0.15, 0.2) is 53.3 Å². The van der Waals surface area contributed by atoms with Crippen molar-refractivity contribution in [1.82, 2.24) is 0 Å². The molecule has 38 heavy (non-hydrogen) atoms. The van der Waals surface area contributed by atoms with Gasteiger partial charge in [0.1, 0.15) is 22.8 Å². The molecule has 2 aromatic carbocycles. The van der Waals surface area contributed by atoms with Crippen LogP contribution in [-0.4, -0.2) is 43.4 Å². The number of aliphatic hydroxyl groups excluding tert-OH is 2. The Morgan fingerprint density at radius 1 is 1.05 bits per heavy atom. The van der Waals surface area contributed by atoms with Gasteiger partial charge in [-0.15, -0.1) is 0 Å². The van der Waals surface area contributed by atoms with Crippen LogP contribution in [0.3, 0.4) is 0 Å².